The molecule has 0 saturated carbocycles. The van der Waals surface area contributed by atoms with E-state index in [1.807, 2.05) is 4.90 Å². The first-order valence-electron chi connectivity index (χ1n) is 4.75. The van der Waals surface area contributed by atoms with Crippen molar-refractivity contribution >= 4 is 17.5 Å². The molecule has 1 aliphatic heterocycles. The zero-order valence-corrected chi connectivity index (χ0v) is 8.97. The van der Waals surface area contributed by atoms with E-state index >= 15 is 0 Å². The van der Waals surface area contributed by atoms with Crippen LogP contribution in [0.2, 0.25) is 0 Å². The Morgan fingerprint density at radius 1 is 1.69 bits per heavy atom. The number of amides is 1. The molecule has 3 nitrogen and oxygen atoms in total. The lowest BCUT2D eigenvalue weighted by atomic mass is 10.4. The van der Waals surface area contributed by atoms with Crippen LogP contribution in [0.3, 0.4) is 0 Å². The van der Waals surface area contributed by atoms with Gasteiger partial charge >= 0.3 is 0 Å². The Kier molecular flexibility index (Phi) is 4.00. The van der Waals surface area contributed by atoms with Crippen molar-refractivity contribution in [1.82, 2.24) is 10.2 Å². The van der Waals surface area contributed by atoms with Gasteiger partial charge in [-0.25, -0.2) is 0 Å². The van der Waals surface area contributed by atoms with Gasteiger partial charge in [-0.1, -0.05) is 13.8 Å². The molecule has 1 saturated heterocycles. The molecule has 1 heterocycles. The van der Waals surface area contributed by atoms with Crippen molar-refractivity contribution in [2.45, 2.75) is 31.7 Å². The summed E-state index contributed by atoms with van der Waals surface area (Å²) >= 11 is 5.86. The Morgan fingerprint density at radius 2 is 2.38 bits per heavy atom. The minimum atomic E-state index is 0.0200. The van der Waals surface area contributed by atoms with Gasteiger partial charge in [-0.2, -0.15) is 0 Å². The number of nitrogens with one attached hydrogen (secondary N) is 1. The van der Waals surface area contributed by atoms with Gasteiger partial charge in [0.15, 0.2) is 0 Å². The summed E-state index contributed by atoms with van der Waals surface area (Å²) in [6, 6.07) is 0.476. The van der Waals surface area contributed by atoms with Crippen LogP contribution < -0.4 is 5.32 Å². The minimum Gasteiger partial charge on any atom is -0.340 e. The van der Waals surface area contributed by atoms with E-state index in [9.17, 15) is 4.79 Å². The highest BCUT2D eigenvalue weighted by atomic mass is 35.5. The van der Waals surface area contributed by atoms with Crippen molar-refractivity contribution in [2.75, 3.05) is 19.6 Å². The molecule has 1 aliphatic rings. The highest BCUT2D eigenvalue weighted by Crippen LogP contribution is 2.15. The lowest BCUT2D eigenvalue weighted by Crippen LogP contribution is -2.35. The third-order valence-electron chi connectivity index (χ3n) is 2.10. The topological polar surface area (TPSA) is 32.3 Å². The molecule has 1 N–H and O–H groups in total. The molecule has 1 fully saturated rings. The van der Waals surface area contributed by atoms with E-state index in [0.29, 0.717) is 19.0 Å². The van der Waals surface area contributed by atoms with Crippen molar-refractivity contribution in [3.8, 4) is 0 Å². The third-order valence-corrected chi connectivity index (χ3v) is 2.39. The van der Waals surface area contributed by atoms with Gasteiger partial charge in [0.1, 0.15) is 0 Å². The number of halogens is 1. The molecule has 0 aliphatic carbocycles. The molecular weight excluding hydrogens is 188 g/mol. The highest BCUT2D eigenvalue weighted by Gasteiger charge is 2.27. The number of likely N-dealkylation sites (tertiary alicyclic amines) is 1. The Balaban J connectivity index is 2.18. The number of carbonyl (C=O) groups is 1. The van der Waals surface area contributed by atoms with Gasteiger partial charge in [0, 0.05) is 32.1 Å². The van der Waals surface area contributed by atoms with Crippen molar-refractivity contribution in [2.24, 2.45) is 0 Å². The number of hydrogen-bond donors (Lipinski definition) is 1. The largest absolute Gasteiger partial charge is 0.340 e. The van der Waals surface area contributed by atoms with E-state index in [1.54, 1.807) is 0 Å². The van der Waals surface area contributed by atoms with Gasteiger partial charge in [-0.3, -0.25) is 4.79 Å². The number of carbonyl (C=O) groups excluding carboxylic acids is 1. The van der Waals surface area contributed by atoms with Crippen molar-refractivity contribution in [3.63, 3.8) is 0 Å². The van der Waals surface area contributed by atoms with Gasteiger partial charge in [-0.15, -0.1) is 11.6 Å². The second kappa shape index (κ2) is 4.82. The Bertz CT molecular complexity index is 184. The van der Waals surface area contributed by atoms with Crippen LogP contribution in [0.25, 0.3) is 0 Å². The molecule has 1 unspecified atom stereocenters. The van der Waals surface area contributed by atoms with E-state index in [-0.39, 0.29) is 11.3 Å². The molecule has 0 aromatic rings. The van der Waals surface area contributed by atoms with Crippen LogP contribution >= 0.6 is 11.6 Å². The van der Waals surface area contributed by atoms with Crippen LogP contribution in [0, 0.1) is 0 Å². The van der Waals surface area contributed by atoms with Crippen LogP contribution in [-0.2, 0) is 4.79 Å². The maximum absolute atomic E-state index is 11.3. The first-order chi connectivity index (χ1) is 6.09. The van der Waals surface area contributed by atoms with Gasteiger partial charge in [0.05, 0.1) is 5.38 Å². The number of hydrogen-bond acceptors (Lipinski definition) is 2. The Labute approximate surface area is 84.4 Å². The molecule has 1 amide bonds. The van der Waals surface area contributed by atoms with E-state index in [1.165, 1.54) is 0 Å². The van der Waals surface area contributed by atoms with E-state index in [0.717, 1.165) is 13.1 Å². The van der Waals surface area contributed by atoms with Crippen LogP contribution in [-0.4, -0.2) is 41.9 Å². The predicted molar refractivity (Wildman–Crippen MR) is 54.0 cm³/mol. The fraction of sp³-hybridized carbons (Fsp3) is 0.889. The third kappa shape index (κ3) is 3.53. The SMILES string of the molecule is CC(C)NCCN1CC(Cl)CC1=O. The Hall–Kier alpha value is -0.280. The fourth-order valence-electron chi connectivity index (χ4n) is 1.43. The average Bonchev–Trinajstić information content (AvgIpc) is 2.29. The summed E-state index contributed by atoms with van der Waals surface area (Å²) in [5, 5.41) is 3.29. The first kappa shape index (κ1) is 10.8. The summed E-state index contributed by atoms with van der Waals surface area (Å²) in [6.07, 6.45) is 0.503. The summed E-state index contributed by atoms with van der Waals surface area (Å²) in [6.45, 7) is 6.53. The molecule has 0 aromatic heterocycles. The quantitative estimate of drug-likeness (QED) is 0.688. The van der Waals surface area contributed by atoms with Gasteiger partial charge in [0.25, 0.3) is 0 Å². The maximum Gasteiger partial charge on any atom is 0.224 e. The molecule has 1 atom stereocenters. The highest BCUT2D eigenvalue weighted by molar-refractivity contribution is 6.22. The number of rotatable bonds is 4. The summed E-state index contributed by atoms with van der Waals surface area (Å²) in [5.41, 5.74) is 0. The predicted octanol–water partition coefficient (Wildman–Crippen LogP) is 0.824. The molecular formula is C9H17ClN2O. The van der Waals surface area contributed by atoms with Crippen LogP contribution in [0.4, 0.5) is 0 Å². The molecule has 0 aromatic carbocycles. The van der Waals surface area contributed by atoms with Gasteiger partial charge in [-0.05, 0) is 0 Å². The Morgan fingerprint density at radius 3 is 2.85 bits per heavy atom. The second-order valence-electron chi connectivity index (χ2n) is 3.75. The summed E-state index contributed by atoms with van der Waals surface area (Å²) in [5.74, 6) is 0.186. The lowest BCUT2D eigenvalue weighted by Gasteiger charge is -2.17. The number of nitrogens with zero attached hydrogens (tertiary/aromatic N) is 1. The molecule has 0 bridgehead atoms. The van der Waals surface area contributed by atoms with Gasteiger partial charge in [0.2, 0.25) is 5.91 Å². The lowest BCUT2D eigenvalue weighted by molar-refractivity contribution is -0.127. The summed E-state index contributed by atoms with van der Waals surface area (Å²) in [4.78, 5) is 13.1. The van der Waals surface area contributed by atoms with Crippen LogP contribution in [0.1, 0.15) is 20.3 Å². The summed E-state index contributed by atoms with van der Waals surface area (Å²) < 4.78 is 0. The second-order valence-corrected chi connectivity index (χ2v) is 4.37. The molecule has 13 heavy (non-hydrogen) atoms. The van der Waals surface area contributed by atoms with Crippen molar-refractivity contribution < 1.29 is 4.79 Å². The monoisotopic (exact) mass is 204 g/mol. The van der Waals surface area contributed by atoms with Crippen molar-refractivity contribution in [1.29, 1.82) is 0 Å². The fourth-order valence-corrected chi connectivity index (χ4v) is 1.73. The number of alkyl halides is 1. The first-order valence-corrected chi connectivity index (χ1v) is 5.18. The molecule has 0 spiro atoms. The molecule has 1 rings (SSSR count). The van der Waals surface area contributed by atoms with E-state index in [2.05, 4.69) is 19.2 Å². The van der Waals surface area contributed by atoms with Crippen molar-refractivity contribution in [3.05, 3.63) is 0 Å². The average molecular weight is 205 g/mol. The zero-order chi connectivity index (χ0) is 9.84. The normalized spacial score (nSPS) is 23.2. The molecule has 0 radical (unpaired) electrons. The molecule has 4 heteroatoms. The standard InChI is InChI=1S/C9H17ClN2O/c1-7(2)11-3-4-12-6-8(10)5-9(12)13/h7-8,11H,3-6H2,1-2H3. The summed E-state index contributed by atoms with van der Waals surface area (Å²) in [7, 11) is 0. The minimum absolute atomic E-state index is 0.0200. The van der Waals surface area contributed by atoms with E-state index < -0.39 is 0 Å². The van der Waals surface area contributed by atoms with Crippen LogP contribution in [0.15, 0.2) is 0 Å². The van der Waals surface area contributed by atoms with Gasteiger partial charge < -0.3 is 10.2 Å². The molecule has 76 valence electrons. The van der Waals surface area contributed by atoms with E-state index in [4.69, 9.17) is 11.6 Å². The van der Waals surface area contributed by atoms with Crippen LogP contribution in [0.5, 0.6) is 0 Å². The maximum atomic E-state index is 11.3. The zero-order valence-electron chi connectivity index (χ0n) is 8.22. The smallest absolute Gasteiger partial charge is 0.224 e.